The lowest BCUT2D eigenvalue weighted by atomic mass is 9.98. The van der Waals surface area contributed by atoms with E-state index in [1.165, 1.54) is 11.1 Å². The van der Waals surface area contributed by atoms with E-state index in [1.807, 2.05) is 18.2 Å². The van der Waals surface area contributed by atoms with E-state index in [2.05, 4.69) is 140 Å². The van der Waals surface area contributed by atoms with Crippen molar-refractivity contribution in [3.05, 3.63) is 157 Å². The maximum Gasteiger partial charge on any atom is 0.160 e. The van der Waals surface area contributed by atoms with Gasteiger partial charge in [0.1, 0.15) is 11.2 Å². The normalized spacial score (nSPS) is 11.3. The molecule has 0 amide bonds. The summed E-state index contributed by atoms with van der Waals surface area (Å²) < 4.78 is 6.37. The Morgan fingerprint density at radius 1 is 0.432 bits per heavy atom. The summed E-state index contributed by atoms with van der Waals surface area (Å²) in [6, 6.07) is 52.6. The minimum atomic E-state index is 0.701. The van der Waals surface area contributed by atoms with E-state index >= 15 is 0 Å². The predicted molar refractivity (Wildman–Crippen MR) is 181 cm³/mol. The van der Waals surface area contributed by atoms with E-state index in [-0.39, 0.29) is 0 Å². The molecule has 0 N–H and O–H groups in total. The molecule has 208 valence electrons. The van der Waals surface area contributed by atoms with Crippen LogP contribution >= 0.6 is 0 Å². The van der Waals surface area contributed by atoms with Gasteiger partial charge < -0.3 is 4.42 Å². The summed E-state index contributed by atoms with van der Waals surface area (Å²) in [6.45, 7) is 2.09. The zero-order valence-corrected chi connectivity index (χ0v) is 24.2. The van der Waals surface area contributed by atoms with E-state index in [0.717, 1.165) is 66.7 Å². The van der Waals surface area contributed by atoms with Crippen molar-refractivity contribution in [2.45, 2.75) is 6.92 Å². The van der Waals surface area contributed by atoms with Crippen LogP contribution in [0, 0.1) is 6.92 Å². The molecule has 0 aliphatic heterocycles. The molecule has 3 heteroatoms. The first kappa shape index (κ1) is 25.9. The summed E-state index contributed by atoms with van der Waals surface area (Å²) in [6.07, 6.45) is 0. The number of benzene rings is 6. The molecular formula is C41H28N2O. The highest BCUT2D eigenvalue weighted by atomic mass is 16.3. The van der Waals surface area contributed by atoms with E-state index in [0.29, 0.717) is 5.82 Å². The minimum absolute atomic E-state index is 0.701. The average Bonchev–Trinajstić information content (AvgIpc) is 3.48. The maximum absolute atomic E-state index is 6.37. The Morgan fingerprint density at radius 2 is 1.02 bits per heavy atom. The van der Waals surface area contributed by atoms with Gasteiger partial charge in [-0.1, -0.05) is 133 Å². The summed E-state index contributed by atoms with van der Waals surface area (Å²) in [7, 11) is 0. The second-order valence-corrected chi connectivity index (χ2v) is 11.1. The van der Waals surface area contributed by atoms with Crippen molar-refractivity contribution in [1.29, 1.82) is 0 Å². The van der Waals surface area contributed by atoms with Crippen molar-refractivity contribution in [2.24, 2.45) is 0 Å². The van der Waals surface area contributed by atoms with Crippen LogP contribution in [0.25, 0.3) is 78.1 Å². The van der Waals surface area contributed by atoms with E-state index in [4.69, 9.17) is 14.4 Å². The van der Waals surface area contributed by atoms with E-state index < -0.39 is 0 Å². The van der Waals surface area contributed by atoms with Gasteiger partial charge in [0, 0.05) is 33.0 Å². The van der Waals surface area contributed by atoms with Gasteiger partial charge in [-0.05, 0) is 47.9 Å². The fraction of sp³-hybridized carbons (Fsp3) is 0.0244. The van der Waals surface area contributed by atoms with Gasteiger partial charge in [0.15, 0.2) is 5.82 Å². The molecule has 2 heterocycles. The Morgan fingerprint density at radius 3 is 1.80 bits per heavy atom. The number of rotatable bonds is 5. The molecule has 8 aromatic rings. The molecule has 3 nitrogen and oxygen atoms in total. The Labute approximate surface area is 256 Å². The van der Waals surface area contributed by atoms with Gasteiger partial charge in [0.2, 0.25) is 0 Å². The Balaban J connectivity index is 1.28. The zero-order chi connectivity index (χ0) is 29.5. The van der Waals surface area contributed by atoms with Crippen molar-refractivity contribution in [3.8, 4) is 56.2 Å². The summed E-state index contributed by atoms with van der Waals surface area (Å²) in [4.78, 5) is 10.2. The second kappa shape index (κ2) is 10.8. The zero-order valence-electron chi connectivity index (χ0n) is 24.2. The number of aromatic nitrogens is 2. The molecule has 2 aromatic heterocycles. The van der Waals surface area contributed by atoms with Crippen LogP contribution in [0.15, 0.2) is 156 Å². The molecule has 0 aliphatic rings. The quantitative estimate of drug-likeness (QED) is 0.209. The fourth-order valence-electron chi connectivity index (χ4n) is 5.88. The number of furan rings is 1. The summed E-state index contributed by atoms with van der Waals surface area (Å²) >= 11 is 0. The van der Waals surface area contributed by atoms with Crippen LogP contribution in [0.5, 0.6) is 0 Å². The molecule has 6 aromatic carbocycles. The van der Waals surface area contributed by atoms with Crippen LogP contribution in [0.4, 0.5) is 0 Å². The topological polar surface area (TPSA) is 38.9 Å². The highest BCUT2D eigenvalue weighted by molar-refractivity contribution is 6.09. The lowest BCUT2D eigenvalue weighted by Crippen LogP contribution is -1.96. The summed E-state index contributed by atoms with van der Waals surface area (Å²) in [5.74, 6) is 0.701. The SMILES string of the molecule is Cc1ccc(-c2nc(-c3cccc(-c4ccccc4)c3)cc(-c3cccc(-c4cccc5c4oc4ccccc45)c3)n2)cc1. The molecule has 0 fully saturated rings. The van der Waals surface area contributed by atoms with Crippen LogP contribution < -0.4 is 0 Å². The third kappa shape index (κ3) is 4.75. The van der Waals surface area contributed by atoms with Gasteiger partial charge in [0.05, 0.1) is 11.4 Å². The smallest absolute Gasteiger partial charge is 0.160 e. The molecule has 0 unspecified atom stereocenters. The standard InChI is InChI=1S/C41H28N2O/c1-27-20-22-29(23-21-27)41-42-37(32-14-7-12-30(24-32)28-10-3-2-4-11-28)26-38(43-41)33-15-8-13-31(25-33)34-17-9-18-36-35-16-5-6-19-39(35)44-40(34)36/h2-26H,1H3. The Hall–Kier alpha value is -5.80. The molecule has 0 bridgehead atoms. The van der Waals surface area contributed by atoms with Gasteiger partial charge in [0.25, 0.3) is 0 Å². The van der Waals surface area contributed by atoms with Crippen molar-refractivity contribution in [3.63, 3.8) is 0 Å². The molecule has 8 rings (SSSR count). The van der Waals surface area contributed by atoms with Crippen LogP contribution in [0.3, 0.4) is 0 Å². The van der Waals surface area contributed by atoms with Gasteiger partial charge in [-0.25, -0.2) is 9.97 Å². The number of nitrogens with zero attached hydrogens (tertiary/aromatic N) is 2. The lowest BCUT2D eigenvalue weighted by molar-refractivity contribution is 0.670. The summed E-state index contributed by atoms with van der Waals surface area (Å²) in [5.41, 5.74) is 12.3. The van der Waals surface area contributed by atoms with Crippen molar-refractivity contribution < 1.29 is 4.42 Å². The molecule has 44 heavy (non-hydrogen) atoms. The van der Waals surface area contributed by atoms with Crippen LogP contribution in [-0.2, 0) is 0 Å². The molecule has 0 atom stereocenters. The Bertz CT molecular complexity index is 2280. The number of fused-ring (bicyclic) bond motifs is 3. The largest absolute Gasteiger partial charge is 0.455 e. The summed E-state index contributed by atoms with van der Waals surface area (Å²) in [5, 5.41) is 2.24. The van der Waals surface area contributed by atoms with Gasteiger partial charge >= 0.3 is 0 Å². The number of hydrogen-bond acceptors (Lipinski definition) is 3. The van der Waals surface area contributed by atoms with Crippen molar-refractivity contribution in [1.82, 2.24) is 9.97 Å². The monoisotopic (exact) mass is 564 g/mol. The molecule has 0 aliphatic carbocycles. The van der Waals surface area contributed by atoms with Gasteiger partial charge in [-0.2, -0.15) is 0 Å². The first-order valence-corrected chi connectivity index (χ1v) is 14.8. The first-order chi connectivity index (χ1) is 21.7. The maximum atomic E-state index is 6.37. The number of hydrogen-bond donors (Lipinski definition) is 0. The molecule has 0 spiro atoms. The van der Waals surface area contributed by atoms with Crippen LogP contribution in [-0.4, -0.2) is 9.97 Å². The molecule has 0 saturated heterocycles. The lowest BCUT2D eigenvalue weighted by Gasteiger charge is -2.12. The Kier molecular flexibility index (Phi) is 6.35. The van der Waals surface area contributed by atoms with E-state index in [1.54, 1.807) is 0 Å². The molecule has 0 radical (unpaired) electrons. The third-order valence-corrected chi connectivity index (χ3v) is 8.17. The highest BCUT2D eigenvalue weighted by Gasteiger charge is 2.15. The molecular weight excluding hydrogens is 536 g/mol. The van der Waals surface area contributed by atoms with Gasteiger partial charge in [-0.15, -0.1) is 0 Å². The van der Waals surface area contributed by atoms with Crippen molar-refractivity contribution in [2.75, 3.05) is 0 Å². The first-order valence-electron chi connectivity index (χ1n) is 14.8. The fourth-order valence-corrected chi connectivity index (χ4v) is 5.88. The predicted octanol–water partition coefficient (Wildman–Crippen LogP) is 11.0. The number of para-hydroxylation sites is 2. The highest BCUT2D eigenvalue weighted by Crippen LogP contribution is 2.37. The third-order valence-electron chi connectivity index (χ3n) is 8.17. The number of aryl methyl sites for hydroxylation is 1. The minimum Gasteiger partial charge on any atom is -0.455 e. The van der Waals surface area contributed by atoms with Crippen molar-refractivity contribution >= 4 is 21.9 Å². The van der Waals surface area contributed by atoms with Gasteiger partial charge in [-0.3, -0.25) is 0 Å². The van der Waals surface area contributed by atoms with E-state index in [9.17, 15) is 0 Å². The average molecular weight is 565 g/mol. The second-order valence-electron chi connectivity index (χ2n) is 11.1. The van der Waals surface area contributed by atoms with Crippen LogP contribution in [0.1, 0.15) is 5.56 Å². The van der Waals surface area contributed by atoms with Crippen LogP contribution in [0.2, 0.25) is 0 Å². The molecule has 0 saturated carbocycles.